The van der Waals surface area contributed by atoms with E-state index in [1.54, 1.807) is 11.3 Å². The Hall–Kier alpha value is -1.14. The predicted octanol–water partition coefficient (Wildman–Crippen LogP) is 3.02. The van der Waals surface area contributed by atoms with Gasteiger partial charge in [-0.25, -0.2) is 4.79 Å². The lowest BCUT2D eigenvalue weighted by molar-refractivity contribution is 0.0232. The highest BCUT2D eigenvalue weighted by molar-refractivity contribution is 7.09. The van der Waals surface area contributed by atoms with Gasteiger partial charge in [0.15, 0.2) is 0 Å². The van der Waals surface area contributed by atoms with E-state index in [0.717, 1.165) is 38.9 Å². The van der Waals surface area contributed by atoms with Crippen LogP contribution in [0.5, 0.6) is 0 Å². The number of aromatic nitrogens is 1. The maximum Gasteiger partial charge on any atom is 0.410 e. The second-order valence-corrected chi connectivity index (χ2v) is 7.37. The summed E-state index contributed by atoms with van der Waals surface area (Å²) in [4.78, 5) is 19.3. The molecule has 0 saturated heterocycles. The molecule has 1 aliphatic carbocycles. The van der Waals surface area contributed by atoms with Gasteiger partial charge < -0.3 is 15.0 Å². The molecule has 0 aliphatic heterocycles. The molecule has 6 heteroatoms. The van der Waals surface area contributed by atoms with E-state index in [9.17, 15) is 4.79 Å². The summed E-state index contributed by atoms with van der Waals surface area (Å²) < 4.78 is 5.48. The van der Waals surface area contributed by atoms with Crippen molar-refractivity contribution in [1.29, 1.82) is 0 Å². The van der Waals surface area contributed by atoms with E-state index in [0.29, 0.717) is 6.04 Å². The molecule has 0 aromatic carbocycles. The third-order valence-electron chi connectivity index (χ3n) is 3.15. The number of carbonyl (C=O) groups is 1. The molecule has 0 bridgehead atoms. The van der Waals surface area contributed by atoms with Crippen molar-refractivity contribution >= 4 is 17.4 Å². The molecule has 1 fully saturated rings. The fourth-order valence-electron chi connectivity index (χ4n) is 2.05. The molecule has 5 nitrogen and oxygen atoms in total. The molecule has 1 amide bonds. The van der Waals surface area contributed by atoms with Crippen LogP contribution in [0.3, 0.4) is 0 Å². The second-order valence-electron chi connectivity index (χ2n) is 6.40. The summed E-state index contributed by atoms with van der Waals surface area (Å²) in [5.74, 6) is 0. The third kappa shape index (κ3) is 6.01. The molecule has 2 rings (SSSR count). The summed E-state index contributed by atoms with van der Waals surface area (Å²) in [6.45, 7) is 8.23. The number of thiazole rings is 1. The minimum absolute atomic E-state index is 0.174. The van der Waals surface area contributed by atoms with Crippen LogP contribution >= 0.6 is 11.3 Å². The average molecular weight is 311 g/mol. The normalized spacial score (nSPS) is 15.0. The number of rotatable bonds is 7. The Kier molecular flexibility index (Phi) is 5.58. The van der Waals surface area contributed by atoms with Crippen LogP contribution in [0.15, 0.2) is 11.7 Å². The van der Waals surface area contributed by atoms with E-state index >= 15 is 0 Å². The van der Waals surface area contributed by atoms with Crippen molar-refractivity contribution in [3.8, 4) is 0 Å². The lowest BCUT2D eigenvalue weighted by Gasteiger charge is -2.27. The number of amides is 1. The van der Waals surface area contributed by atoms with E-state index < -0.39 is 5.60 Å². The smallest absolute Gasteiger partial charge is 0.410 e. The van der Waals surface area contributed by atoms with Gasteiger partial charge in [0.05, 0.1) is 5.51 Å². The van der Waals surface area contributed by atoms with Gasteiger partial charge in [-0.3, -0.25) is 4.98 Å². The van der Waals surface area contributed by atoms with Crippen LogP contribution in [0.25, 0.3) is 0 Å². The largest absolute Gasteiger partial charge is 0.444 e. The molecule has 1 heterocycles. The lowest BCUT2D eigenvalue weighted by atomic mass is 10.2. The molecule has 1 aliphatic rings. The Morgan fingerprint density at radius 2 is 2.29 bits per heavy atom. The lowest BCUT2D eigenvalue weighted by Crippen LogP contribution is -2.39. The molecular weight excluding hydrogens is 286 g/mol. The minimum Gasteiger partial charge on any atom is -0.444 e. The van der Waals surface area contributed by atoms with Gasteiger partial charge in [0.2, 0.25) is 0 Å². The van der Waals surface area contributed by atoms with Crippen LogP contribution in [-0.2, 0) is 11.3 Å². The molecule has 0 unspecified atom stereocenters. The first kappa shape index (κ1) is 16.2. The number of carbonyl (C=O) groups excluding carboxylic acids is 1. The molecular formula is C15H25N3O2S. The maximum absolute atomic E-state index is 12.2. The van der Waals surface area contributed by atoms with E-state index in [4.69, 9.17) is 4.74 Å². The van der Waals surface area contributed by atoms with E-state index in [2.05, 4.69) is 10.3 Å². The topological polar surface area (TPSA) is 54.5 Å². The van der Waals surface area contributed by atoms with Gasteiger partial charge in [0.1, 0.15) is 5.60 Å². The summed E-state index contributed by atoms with van der Waals surface area (Å²) >= 11 is 1.66. The highest BCUT2D eigenvalue weighted by Crippen LogP contribution is 2.28. The molecule has 0 atom stereocenters. The molecule has 1 aromatic heterocycles. The Morgan fingerprint density at radius 3 is 2.86 bits per heavy atom. The van der Waals surface area contributed by atoms with Crippen LogP contribution in [0.1, 0.15) is 44.9 Å². The van der Waals surface area contributed by atoms with E-state index in [-0.39, 0.29) is 6.09 Å². The van der Waals surface area contributed by atoms with Gasteiger partial charge in [-0.1, -0.05) is 0 Å². The van der Waals surface area contributed by atoms with Gasteiger partial charge in [0.25, 0.3) is 0 Å². The first-order valence-electron chi connectivity index (χ1n) is 7.53. The minimum atomic E-state index is -0.422. The summed E-state index contributed by atoms with van der Waals surface area (Å²) in [6.07, 6.45) is 4.86. The van der Waals surface area contributed by atoms with Crippen molar-refractivity contribution in [2.75, 3.05) is 13.1 Å². The highest BCUT2D eigenvalue weighted by Gasteiger charge is 2.34. The zero-order chi connectivity index (χ0) is 15.3. The number of nitrogens with one attached hydrogen (secondary N) is 1. The standard InChI is InChI=1S/C15H25N3O2S/c1-15(2,3)20-14(19)18(12-5-6-12)8-4-7-16-9-13-10-17-11-21-13/h10-12,16H,4-9H2,1-3H3. The highest BCUT2D eigenvalue weighted by atomic mass is 32.1. The Morgan fingerprint density at radius 1 is 1.52 bits per heavy atom. The SMILES string of the molecule is CC(C)(C)OC(=O)N(CCCNCc1cncs1)C1CC1. The summed E-state index contributed by atoms with van der Waals surface area (Å²) in [5.41, 5.74) is 1.42. The van der Waals surface area contributed by atoms with Crippen molar-refractivity contribution in [2.45, 2.75) is 58.2 Å². The summed E-state index contributed by atoms with van der Waals surface area (Å²) in [5, 5.41) is 3.38. The van der Waals surface area contributed by atoms with Crippen LogP contribution in [0, 0.1) is 0 Å². The fourth-order valence-corrected chi connectivity index (χ4v) is 2.61. The van der Waals surface area contributed by atoms with Gasteiger partial charge in [-0.15, -0.1) is 11.3 Å². The van der Waals surface area contributed by atoms with Gasteiger partial charge in [0, 0.05) is 30.2 Å². The van der Waals surface area contributed by atoms with Crippen LogP contribution in [0.4, 0.5) is 4.79 Å². The average Bonchev–Trinajstić information content (AvgIpc) is 3.07. The quantitative estimate of drug-likeness (QED) is 0.787. The summed E-state index contributed by atoms with van der Waals surface area (Å²) in [7, 11) is 0. The van der Waals surface area contributed by atoms with Crippen molar-refractivity contribution < 1.29 is 9.53 Å². The molecule has 0 spiro atoms. The summed E-state index contributed by atoms with van der Waals surface area (Å²) in [6, 6.07) is 0.390. The van der Waals surface area contributed by atoms with Crippen molar-refractivity contribution in [3.63, 3.8) is 0 Å². The first-order valence-corrected chi connectivity index (χ1v) is 8.41. The van der Waals surface area contributed by atoms with Crippen molar-refractivity contribution in [1.82, 2.24) is 15.2 Å². The van der Waals surface area contributed by atoms with Gasteiger partial charge in [-0.05, 0) is 46.6 Å². The fraction of sp³-hybridized carbons (Fsp3) is 0.733. The second kappa shape index (κ2) is 7.22. The van der Waals surface area contributed by atoms with E-state index in [1.807, 2.05) is 37.4 Å². The molecule has 118 valence electrons. The van der Waals surface area contributed by atoms with Crippen molar-refractivity contribution in [2.24, 2.45) is 0 Å². The van der Waals surface area contributed by atoms with Crippen molar-refractivity contribution in [3.05, 3.63) is 16.6 Å². The number of hydrogen-bond acceptors (Lipinski definition) is 5. The number of ether oxygens (including phenoxy) is 1. The monoisotopic (exact) mass is 311 g/mol. The molecule has 1 N–H and O–H groups in total. The number of nitrogens with zero attached hydrogens (tertiary/aromatic N) is 2. The maximum atomic E-state index is 12.2. The molecule has 1 saturated carbocycles. The Bertz CT molecular complexity index is 438. The van der Waals surface area contributed by atoms with Crippen LogP contribution in [0.2, 0.25) is 0 Å². The zero-order valence-electron chi connectivity index (χ0n) is 13.1. The van der Waals surface area contributed by atoms with Gasteiger partial charge in [-0.2, -0.15) is 0 Å². The Labute approximate surface area is 130 Å². The number of hydrogen-bond donors (Lipinski definition) is 1. The van der Waals surface area contributed by atoms with Crippen LogP contribution in [-0.4, -0.2) is 40.7 Å². The van der Waals surface area contributed by atoms with E-state index in [1.165, 1.54) is 4.88 Å². The molecule has 0 radical (unpaired) electrons. The molecule has 1 aromatic rings. The third-order valence-corrected chi connectivity index (χ3v) is 3.93. The Balaban J connectivity index is 1.67. The zero-order valence-corrected chi connectivity index (χ0v) is 13.9. The van der Waals surface area contributed by atoms with Crippen LogP contribution < -0.4 is 5.32 Å². The molecule has 21 heavy (non-hydrogen) atoms. The predicted molar refractivity (Wildman–Crippen MR) is 84.4 cm³/mol. The van der Waals surface area contributed by atoms with Gasteiger partial charge >= 0.3 is 6.09 Å². The first-order chi connectivity index (χ1) is 9.96.